The molecule has 1 unspecified atom stereocenters. The summed E-state index contributed by atoms with van der Waals surface area (Å²) >= 11 is 0. The summed E-state index contributed by atoms with van der Waals surface area (Å²) in [6, 6.07) is 14.1. The highest BCUT2D eigenvalue weighted by molar-refractivity contribution is 6.09. The number of carboxylic acid groups (broad SMARTS) is 1. The summed E-state index contributed by atoms with van der Waals surface area (Å²) in [5.74, 6) is -1.50. The Kier molecular flexibility index (Phi) is 3.99. The van der Waals surface area contributed by atoms with Gasteiger partial charge in [-0.15, -0.1) is 0 Å². The van der Waals surface area contributed by atoms with Crippen molar-refractivity contribution in [2.75, 3.05) is 0 Å². The topological polar surface area (TPSA) is 54.4 Å². The minimum atomic E-state index is -0.873. The van der Waals surface area contributed by atoms with Gasteiger partial charge in [-0.05, 0) is 19.4 Å². The maximum absolute atomic E-state index is 12.3. The van der Waals surface area contributed by atoms with Crippen LogP contribution in [0.2, 0.25) is 0 Å². The van der Waals surface area contributed by atoms with E-state index in [0.29, 0.717) is 16.7 Å². The first kappa shape index (κ1) is 14.0. The van der Waals surface area contributed by atoms with Gasteiger partial charge in [0.15, 0.2) is 5.78 Å². The highest BCUT2D eigenvalue weighted by Crippen LogP contribution is 2.18. The summed E-state index contributed by atoms with van der Waals surface area (Å²) in [5, 5.41) is 8.95. The highest BCUT2D eigenvalue weighted by Gasteiger charge is 2.14. The average Bonchev–Trinajstić information content (AvgIpc) is 2.46. The van der Waals surface area contributed by atoms with Crippen LogP contribution in [0.5, 0.6) is 0 Å². The molecule has 0 radical (unpaired) electrons. The average molecular weight is 268 g/mol. The van der Waals surface area contributed by atoms with E-state index in [1.165, 1.54) is 0 Å². The predicted molar refractivity (Wildman–Crippen MR) is 77.1 cm³/mol. The third kappa shape index (κ3) is 2.94. The van der Waals surface area contributed by atoms with Gasteiger partial charge >= 0.3 is 5.97 Å². The molecule has 0 aliphatic heterocycles. The van der Waals surface area contributed by atoms with Gasteiger partial charge in [0, 0.05) is 11.1 Å². The summed E-state index contributed by atoms with van der Waals surface area (Å²) in [6.07, 6.45) is 0. The van der Waals surface area contributed by atoms with Gasteiger partial charge in [0.05, 0.1) is 5.92 Å². The van der Waals surface area contributed by atoms with Crippen molar-refractivity contribution < 1.29 is 14.7 Å². The first-order valence-corrected chi connectivity index (χ1v) is 6.43. The molecule has 0 spiro atoms. The van der Waals surface area contributed by atoms with Gasteiger partial charge in [-0.1, -0.05) is 54.1 Å². The Morgan fingerprint density at radius 1 is 0.900 bits per heavy atom. The number of hydrogen-bond donors (Lipinski definition) is 1. The molecular weight excluding hydrogens is 252 g/mol. The van der Waals surface area contributed by atoms with Crippen LogP contribution in [0.25, 0.3) is 0 Å². The SMILES string of the molecule is Cc1ccc(C(=O)c2ccc(C(C)C(=O)O)cc2)cc1. The molecule has 102 valence electrons. The van der Waals surface area contributed by atoms with Crippen LogP contribution in [0, 0.1) is 6.92 Å². The van der Waals surface area contributed by atoms with Crippen molar-refractivity contribution in [1.29, 1.82) is 0 Å². The van der Waals surface area contributed by atoms with E-state index in [-0.39, 0.29) is 5.78 Å². The minimum Gasteiger partial charge on any atom is -0.481 e. The monoisotopic (exact) mass is 268 g/mol. The van der Waals surface area contributed by atoms with Crippen molar-refractivity contribution in [3.05, 3.63) is 70.8 Å². The van der Waals surface area contributed by atoms with Gasteiger partial charge in [0.2, 0.25) is 0 Å². The number of rotatable bonds is 4. The molecule has 0 aliphatic carbocycles. The Morgan fingerprint density at radius 2 is 1.35 bits per heavy atom. The number of benzene rings is 2. The van der Waals surface area contributed by atoms with E-state index in [9.17, 15) is 9.59 Å². The van der Waals surface area contributed by atoms with Crippen LogP contribution < -0.4 is 0 Å². The van der Waals surface area contributed by atoms with Crippen molar-refractivity contribution >= 4 is 11.8 Å². The maximum Gasteiger partial charge on any atom is 0.310 e. The maximum atomic E-state index is 12.3. The molecule has 0 bridgehead atoms. The van der Waals surface area contributed by atoms with E-state index in [4.69, 9.17) is 5.11 Å². The molecule has 2 rings (SSSR count). The summed E-state index contributed by atoms with van der Waals surface area (Å²) in [4.78, 5) is 23.2. The molecule has 0 saturated heterocycles. The lowest BCUT2D eigenvalue weighted by atomic mass is 9.97. The van der Waals surface area contributed by atoms with E-state index < -0.39 is 11.9 Å². The fourth-order valence-corrected chi connectivity index (χ4v) is 1.94. The molecule has 3 heteroatoms. The second kappa shape index (κ2) is 5.70. The van der Waals surface area contributed by atoms with Crippen molar-refractivity contribution in [2.45, 2.75) is 19.8 Å². The van der Waals surface area contributed by atoms with E-state index in [1.54, 1.807) is 43.3 Å². The fraction of sp³-hybridized carbons (Fsp3) is 0.176. The molecule has 0 fully saturated rings. The normalized spacial score (nSPS) is 11.9. The van der Waals surface area contributed by atoms with E-state index in [1.807, 2.05) is 19.1 Å². The fourth-order valence-electron chi connectivity index (χ4n) is 1.94. The Labute approximate surface area is 117 Å². The molecule has 2 aromatic carbocycles. The first-order chi connectivity index (χ1) is 9.49. The first-order valence-electron chi connectivity index (χ1n) is 6.43. The van der Waals surface area contributed by atoms with E-state index >= 15 is 0 Å². The summed E-state index contributed by atoms with van der Waals surface area (Å²) in [7, 11) is 0. The molecule has 20 heavy (non-hydrogen) atoms. The lowest BCUT2D eigenvalue weighted by Gasteiger charge is -2.07. The van der Waals surface area contributed by atoms with Crippen molar-refractivity contribution in [3.63, 3.8) is 0 Å². The molecule has 0 heterocycles. The number of carbonyl (C=O) groups is 2. The molecule has 0 aliphatic rings. The smallest absolute Gasteiger partial charge is 0.310 e. The van der Waals surface area contributed by atoms with Gasteiger partial charge in [-0.3, -0.25) is 9.59 Å². The molecule has 3 nitrogen and oxygen atoms in total. The van der Waals surface area contributed by atoms with Gasteiger partial charge in [0.1, 0.15) is 0 Å². The third-order valence-electron chi connectivity index (χ3n) is 3.36. The lowest BCUT2D eigenvalue weighted by Crippen LogP contribution is -2.08. The van der Waals surface area contributed by atoms with Gasteiger partial charge in [-0.25, -0.2) is 0 Å². The second-order valence-electron chi connectivity index (χ2n) is 4.88. The number of carbonyl (C=O) groups excluding carboxylic acids is 1. The van der Waals surface area contributed by atoms with E-state index in [0.717, 1.165) is 5.56 Å². The lowest BCUT2D eigenvalue weighted by molar-refractivity contribution is -0.138. The van der Waals surface area contributed by atoms with Crippen LogP contribution in [-0.2, 0) is 4.79 Å². The highest BCUT2D eigenvalue weighted by atomic mass is 16.4. The largest absolute Gasteiger partial charge is 0.481 e. The number of aryl methyl sites for hydroxylation is 1. The molecule has 0 aromatic heterocycles. The quantitative estimate of drug-likeness (QED) is 0.864. The summed E-state index contributed by atoms with van der Waals surface area (Å²) < 4.78 is 0. The van der Waals surface area contributed by atoms with Gasteiger partial charge < -0.3 is 5.11 Å². The van der Waals surface area contributed by atoms with Crippen LogP contribution in [0.1, 0.15) is 39.9 Å². The van der Waals surface area contributed by atoms with Crippen LogP contribution in [0.3, 0.4) is 0 Å². The summed E-state index contributed by atoms with van der Waals surface area (Å²) in [6.45, 7) is 3.59. The second-order valence-corrected chi connectivity index (χ2v) is 4.88. The Bertz CT molecular complexity index is 624. The molecule has 1 N–H and O–H groups in total. The standard InChI is InChI=1S/C17H16O3/c1-11-3-5-14(6-4-11)16(18)15-9-7-13(8-10-15)12(2)17(19)20/h3-10,12H,1-2H3,(H,19,20). The van der Waals surface area contributed by atoms with Crippen molar-refractivity contribution in [1.82, 2.24) is 0 Å². The number of carboxylic acids is 1. The number of hydrogen-bond acceptors (Lipinski definition) is 2. The zero-order valence-electron chi connectivity index (χ0n) is 11.5. The van der Waals surface area contributed by atoms with Gasteiger partial charge in [0.25, 0.3) is 0 Å². The van der Waals surface area contributed by atoms with Crippen molar-refractivity contribution in [3.8, 4) is 0 Å². The van der Waals surface area contributed by atoms with E-state index in [2.05, 4.69) is 0 Å². The molecule has 0 saturated carbocycles. The molecule has 0 amide bonds. The number of aliphatic carboxylic acids is 1. The Morgan fingerprint density at radius 3 is 1.80 bits per heavy atom. The third-order valence-corrected chi connectivity index (χ3v) is 3.36. The van der Waals surface area contributed by atoms with Crippen LogP contribution >= 0.6 is 0 Å². The zero-order chi connectivity index (χ0) is 14.7. The molecule has 2 aromatic rings. The van der Waals surface area contributed by atoms with Gasteiger partial charge in [-0.2, -0.15) is 0 Å². The zero-order valence-corrected chi connectivity index (χ0v) is 11.5. The van der Waals surface area contributed by atoms with Crippen LogP contribution in [0.15, 0.2) is 48.5 Å². The van der Waals surface area contributed by atoms with Crippen LogP contribution in [0.4, 0.5) is 0 Å². The molecule has 1 atom stereocenters. The Hall–Kier alpha value is -2.42. The predicted octanol–water partition coefficient (Wildman–Crippen LogP) is 3.41. The summed E-state index contributed by atoms with van der Waals surface area (Å²) in [5.41, 5.74) is 3.00. The molecular formula is C17H16O3. The van der Waals surface area contributed by atoms with Crippen molar-refractivity contribution in [2.24, 2.45) is 0 Å². The van der Waals surface area contributed by atoms with Crippen LogP contribution in [-0.4, -0.2) is 16.9 Å². The number of ketones is 1. The Balaban J connectivity index is 2.23. The minimum absolute atomic E-state index is 0.0560.